The van der Waals surface area contributed by atoms with Gasteiger partial charge in [-0.25, -0.2) is 4.79 Å². The lowest BCUT2D eigenvalue weighted by atomic mass is 9.98. The zero-order chi connectivity index (χ0) is 24.9. The monoisotopic (exact) mass is 492 g/mol. The molecule has 3 atom stereocenters. The van der Waals surface area contributed by atoms with Crippen LogP contribution in [0.5, 0.6) is 0 Å². The van der Waals surface area contributed by atoms with Gasteiger partial charge < -0.3 is 20.5 Å². The molecule has 3 aromatic rings. The highest BCUT2D eigenvalue weighted by Gasteiger charge is 2.30. The maximum Gasteiger partial charge on any atom is 0.407 e. The lowest BCUT2D eigenvalue weighted by molar-refractivity contribution is -0.137. The Morgan fingerprint density at radius 1 is 0.943 bits per heavy atom. The molecule has 35 heavy (non-hydrogen) atoms. The van der Waals surface area contributed by atoms with Crippen LogP contribution in [-0.4, -0.2) is 35.7 Å². The summed E-state index contributed by atoms with van der Waals surface area (Å²) in [5.74, 6) is -1.98. The molecule has 1 heterocycles. The second kappa shape index (κ2) is 10.7. The first-order valence-corrected chi connectivity index (χ1v) is 12.4. The number of hydrogen-bond donors (Lipinski definition) is 3. The van der Waals surface area contributed by atoms with E-state index in [1.54, 1.807) is 19.9 Å². The van der Waals surface area contributed by atoms with Crippen molar-refractivity contribution in [2.75, 3.05) is 6.61 Å². The molecule has 0 saturated carbocycles. The fourth-order valence-corrected chi connectivity index (χ4v) is 5.15. The fraction of sp³-hybridized carbons (Fsp3) is 0.296. The molecule has 7 nitrogen and oxygen atoms in total. The number of carboxylic acid groups (broad SMARTS) is 1. The maximum absolute atomic E-state index is 12.8. The Kier molecular flexibility index (Phi) is 7.51. The summed E-state index contributed by atoms with van der Waals surface area (Å²) in [7, 11) is 0. The van der Waals surface area contributed by atoms with Crippen LogP contribution in [0.25, 0.3) is 11.1 Å². The topological polar surface area (TPSA) is 105 Å². The van der Waals surface area contributed by atoms with Gasteiger partial charge in [0.1, 0.15) is 6.61 Å². The SMILES string of the molecule is CC(NC(=O)OCC1c2ccccc2-c2ccccc21)C(C)C(=O)NC(CC(=O)O)c1cccs1. The standard InChI is InChI=1S/C27H28N2O5S/c1-16(26(32)29-23(14-25(30)31)24-12-7-13-35-24)17(2)28-27(33)34-15-22-20-10-5-3-8-18(20)19-9-4-6-11-21(19)22/h3-13,16-17,22-23H,14-15H2,1-2H3,(H,28,33)(H,29,32)(H,30,31). The molecule has 3 unspecified atom stereocenters. The van der Waals surface area contributed by atoms with Crippen molar-refractivity contribution in [3.63, 3.8) is 0 Å². The number of amides is 2. The lowest BCUT2D eigenvalue weighted by Crippen LogP contribution is -2.45. The average molecular weight is 493 g/mol. The van der Waals surface area contributed by atoms with Crippen molar-refractivity contribution in [2.24, 2.45) is 5.92 Å². The van der Waals surface area contributed by atoms with E-state index in [1.165, 1.54) is 11.3 Å². The van der Waals surface area contributed by atoms with Crippen molar-refractivity contribution in [3.05, 3.63) is 82.0 Å². The molecule has 182 valence electrons. The summed E-state index contributed by atoms with van der Waals surface area (Å²) in [6.07, 6.45) is -0.813. The molecular weight excluding hydrogens is 464 g/mol. The largest absolute Gasteiger partial charge is 0.481 e. The van der Waals surface area contributed by atoms with Crippen LogP contribution in [-0.2, 0) is 14.3 Å². The van der Waals surface area contributed by atoms with Gasteiger partial charge >= 0.3 is 12.1 Å². The van der Waals surface area contributed by atoms with E-state index in [2.05, 4.69) is 34.9 Å². The van der Waals surface area contributed by atoms with Crippen molar-refractivity contribution < 1.29 is 24.2 Å². The quantitative estimate of drug-likeness (QED) is 0.392. The van der Waals surface area contributed by atoms with Crippen molar-refractivity contribution in [1.29, 1.82) is 0 Å². The van der Waals surface area contributed by atoms with Crippen LogP contribution in [0.3, 0.4) is 0 Å². The minimum absolute atomic E-state index is 0.0493. The van der Waals surface area contributed by atoms with Gasteiger partial charge in [-0.3, -0.25) is 9.59 Å². The summed E-state index contributed by atoms with van der Waals surface area (Å²) in [6.45, 7) is 3.60. The molecule has 0 bridgehead atoms. The Labute approximate surface area is 208 Å². The molecule has 1 aliphatic rings. The van der Waals surface area contributed by atoms with E-state index in [1.807, 2.05) is 35.7 Å². The number of carbonyl (C=O) groups is 3. The normalized spacial score (nSPS) is 14.8. The number of ether oxygens (including phenoxy) is 1. The summed E-state index contributed by atoms with van der Waals surface area (Å²) in [5, 5.41) is 16.6. The van der Waals surface area contributed by atoms with E-state index in [4.69, 9.17) is 4.74 Å². The number of fused-ring (bicyclic) bond motifs is 3. The van der Waals surface area contributed by atoms with Gasteiger partial charge in [0, 0.05) is 16.8 Å². The van der Waals surface area contributed by atoms with Gasteiger partial charge in [-0.2, -0.15) is 0 Å². The number of benzene rings is 2. The number of thiophene rings is 1. The van der Waals surface area contributed by atoms with Crippen LogP contribution in [0.2, 0.25) is 0 Å². The van der Waals surface area contributed by atoms with E-state index in [0.29, 0.717) is 0 Å². The minimum Gasteiger partial charge on any atom is -0.481 e. The van der Waals surface area contributed by atoms with E-state index >= 15 is 0 Å². The third kappa shape index (κ3) is 5.54. The van der Waals surface area contributed by atoms with E-state index in [0.717, 1.165) is 27.1 Å². The molecular formula is C27H28N2O5S. The van der Waals surface area contributed by atoms with Gasteiger partial charge in [0.05, 0.1) is 18.4 Å². The molecule has 0 fully saturated rings. The predicted molar refractivity (Wildman–Crippen MR) is 134 cm³/mol. The van der Waals surface area contributed by atoms with Crippen LogP contribution in [0.1, 0.15) is 48.2 Å². The number of nitrogens with one attached hydrogen (secondary N) is 2. The first-order valence-electron chi connectivity index (χ1n) is 11.5. The Morgan fingerprint density at radius 2 is 1.57 bits per heavy atom. The van der Waals surface area contributed by atoms with Gasteiger partial charge in [0.25, 0.3) is 0 Å². The average Bonchev–Trinajstić information content (AvgIpc) is 3.48. The van der Waals surface area contributed by atoms with Crippen molar-refractivity contribution in [3.8, 4) is 11.1 Å². The summed E-state index contributed by atoms with van der Waals surface area (Å²) in [5.41, 5.74) is 4.55. The molecule has 3 N–H and O–H groups in total. The number of hydrogen-bond acceptors (Lipinski definition) is 5. The third-order valence-corrected chi connectivity index (χ3v) is 7.42. The van der Waals surface area contributed by atoms with Crippen LogP contribution >= 0.6 is 11.3 Å². The van der Waals surface area contributed by atoms with Gasteiger partial charge in [0.15, 0.2) is 0 Å². The maximum atomic E-state index is 12.8. The van der Waals surface area contributed by atoms with Crippen LogP contribution < -0.4 is 10.6 Å². The third-order valence-electron chi connectivity index (χ3n) is 6.43. The van der Waals surface area contributed by atoms with E-state index in [-0.39, 0.29) is 24.9 Å². The number of rotatable bonds is 9. The van der Waals surface area contributed by atoms with Gasteiger partial charge in [-0.1, -0.05) is 61.5 Å². The summed E-state index contributed by atoms with van der Waals surface area (Å²) in [4.78, 5) is 37.4. The minimum atomic E-state index is -0.999. The molecule has 4 rings (SSSR count). The Balaban J connectivity index is 1.34. The Hall–Kier alpha value is -3.65. The van der Waals surface area contributed by atoms with Gasteiger partial charge in [0.2, 0.25) is 5.91 Å². The smallest absolute Gasteiger partial charge is 0.407 e. The molecule has 0 saturated heterocycles. The van der Waals surface area contributed by atoms with Crippen molar-refractivity contribution in [1.82, 2.24) is 10.6 Å². The first-order chi connectivity index (χ1) is 16.8. The molecule has 0 spiro atoms. The molecule has 8 heteroatoms. The van der Waals surface area contributed by atoms with Crippen molar-refractivity contribution >= 4 is 29.3 Å². The van der Waals surface area contributed by atoms with Crippen LogP contribution in [0, 0.1) is 5.92 Å². The highest BCUT2D eigenvalue weighted by molar-refractivity contribution is 7.10. The number of carbonyl (C=O) groups excluding carboxylic acids is 2. The first kappa shape index (κ1) is 24.5. The lowest BCUT2D eigenvalue weighted by Gasteiger charge is -2.24. The highest BCUT2D eigenvalue weighted by Crippen LogP contribution is 2.44. The van der Waals surface area contributed by atoms with E-state index < -0.39 is 30.1 Å². The molecule has 2 aromatic carbocycles. The summed E-state index contributed by atoms with van der Waals surface area (Å²) < 4.78 is 5.58. The van der Waals surface area contributed by atoms with Crippen LogP contribution in [0.15, 0.2) is 66.0 Å². The molecule has 0 radical (unpaired) electrons. The molecule has 0 aliphatic heterocycles. The van der Waals surface area contributed by atoms with Gasteiger partial charge in [-0.05, 0) is 40.6 Å². The zero-order valence-electron chi connectivity index (χ0n) is 19.6. The fourth-order valence-electron chi connectivity index (χ4n) is 4.37. The van der Waals surface area contributed by atoms with E-state index in [9.17, 15) is 19.5 Å². The Bertz CT molecular complexity index is 1160. The molecule has 1 aromatic heterocycles. The zero-order valence-corrected chi connectivity index (χ0v) is 20.4. The number of alkyl carbamates (subject to hydrolysis) is 1. The van der Waals surface area contributed by atoms with Crippen LogP contribution in [0.4, 0.5) is 4.79 Å². The Morgan fingerprint density at radius 3 is 2.14 bits per heavy atom. The van der Waals surface area contributed by atoms with Gasteiger partial charge in [-0.15, -0.1) is 11.3 Å². The second-order valence-corrected chi connectivity index (χ2v) is 9.70. The summed E-state index contributed by atoms with van der Waals surface area (Å²) in [6, 6.07) is 18.7. The number of carboxylic acids is 1. The highest BCUT2D eigenvalue weighted by atomic mass is 32.1. The summed E-state index contributed by atoms with van der Waals surface area (Å²) >= 11 is 1.39. The van der Waals surface area contributed by atoms with Crippen molar-refractivity contribution in [2.45, 2.75) is 38.3 Å². The molecule has 2 amide bonds. The predicted octanol–water partition coefficient (Wildman–Crippen LogP) is 4.94. The molecule has 1 aliphatic carbocycles. The number of aliphatic carboxylic acids is 1. The second-order valence-electron chi connectivity index (χ2n) is 8.72.